The zero-order valence-electron chi connectivity index (χ0n) is 11.3. The molecule has 0 heterocycles. The van der Waals surface area contributed by atoms with E-state index in [1.165, 1.54) is 12.8 Å². The van der Waals surface area contributed by atoms with Gasteiger partial charge in [0.1, 0.15) is 5.60 Å². The van der Waals surface area contributed by atoms with Gasteiger partial charge in [0.05, 0.1) is 6.54 Å². The molecule has 0 atom stereocenters. The molecular formula is C13H25NO3. The molecule has 0 amide bonds. The minimum absolute atomic E-state index is 0.198. The lowest BCUT2D eigenvalue weighted by Gasteiger charge is -2.19. The fourth-order valence-corrected chi connectivity index (χ4v) is 1.40. The molecule has 17 heavy (non-hydrogen) atoms. The zero-order valence-corrected chi connectivity index (χ0v) is 11.3. The van der Waals surface area contributed by atoms with Crippen LogP contribution in [0.15, 0.2) is 0 Å². The highest BCUT2D eigenvalue weighted by atomic mass is 16.6. The van der Waals surface area contributed by atoms with Crippen molar-refractivity contribution in [1.29, 1.82) is 0 Å². The van der Waals surface area contributed by atoms with Gasteiger partial charge in [-0.2, -0.15) is 0 Å². The fraction of sp³-hybridized carbons (Fsp3) is 0.923. The number of ether oxygens (including phenoxy) is 2. The number of rotatable bonds is 8. The van der Waals surface area contributed by atoms with Crippen LogP contribution in [-0.2, 0) is 14.3 Å². The number of esters is 1. The average molecular weight is 243 g/mol. The van der Waals surface area contributed by atoms with E-state index < -0.39 is 5.60 Å². The van der Waals surface area contributed by atoms with Crippen LogP contribution in [0.2, 0.25) is 0 Å². The summed E-state index contributed by atoms with van der Waals surface area (Å²) >= 11 is 0. The summed E-state index contributed by atoms with van der Waals surface area (Å²) in [5.74, 6) is 0.626. The first kappa shape index (κ1) is 14.5. The molecule has 0 unspecified atom stereocenters. The molecule has 1 fully saturated rings. The van der Waals surface area contributed by atoms with Gasteiger partial charge in [0.25, 0.3) is 0 Å². The predicted octanol–water partition coefficient (Wildman–Crippen LogP) is 1.73. The summed E-state index contributed by atoms with van der Waals surface area (Å²) in [6.07, 6.45) is 3.60. The Labute approximate surface area is 104 Å². The van der Waals surface area contributed by atoms with E-state index in [4.69, 9.17) is 9.47 Å². The van der Waals surface area contributed by atoms with E-state index in [9.17, 15) is 4.79 Å². The van der Waals surface area contributed by atoms with Gasteiger partial charge in [0, 0.05) is 13.2 Å². The number of carbonyl (C=O) groups excluding carboxylic acids is 1. The highest BCUT2D eigenvalue weighted by Gasteiger charge is 2.20. The Kier molecular flexibility index (Phi) is 5.92. The van der Waals surface area contributed by atoms with E-state index in [-0.39, 0.29) is 12.5 Å². The number of hydrogen-bond donors (Lipinski definition) is 1. The van der Waals surface area contributed by atoms with Crippen LogP contribution >= 0.6 is 0 Å². The Hall–Kier alpha value is -0.610. The smallest absolute Gasteiger partial charge is 0.320 e. The summed E-state index contributed by atoms with van der Waals surface area (Å²) in [5.41, 5.74) is -0.397. The predicted molar refractivity (Wildman–Crippen MR) is 66.9 cm³/mol. The fourth-order valence-electron chi connectivity index (χ4n) is 1.40. The lowest BCUT2D eigenvalue weighted by Crippen LogP contribution is -2.32. The SMILES string of the molecule is CC(C)(C)OC(=O)CNCCCOCC1CC1. The monoisotopic (exact) mass is 243 g/mol. The van der Waals surface area contributed by atoms with Crippen molar-refractivity contribution in [3.8, 4) is 0 Å². The lowest BCUT2D eigenvalue weighted by atomic mass is 10.2. The third kappa shape index (κ3) is 9.12. The molecule has 100 valence electrons. The van der Waals surface area contributed by atoms with Gasteiger partial charge in [-0.1, -0.05) is 0 Å². The average Bonchev–Trinajstić information content (AvgIpc) is 2.97. The molecule has 0 radical (unpaired) electrons. The van der Waals surface area contributed by atoms with Crippen molar-refractivity contribution >= 4 is 5.97 Å². The van der Waals surface area contributed by atoms with E-state index in [1.807, 2.05) is 20.8 Å². The van der Waals surface area contributed by atoms with Gasteiger partial charge in [-0.05, 0) is 52.5 Å². The molecule has 0 aromatic heterocycles. The summed E-state index contributed by atoms with van der Waals surface area (Å²) in [7, 11) is 0. The Morgan fingerprint density at radius 2 is 2.06 bits per heavy atom. The van der Waals surface area contributed by atoms with E-state index in [2.05, 4.69) is 5.32 Å². The maximum absolute atomic E-state index is 11.3. The Balaban J connectivity index is 1.84. The summed E-state index contributed by atoms with van der Waals surface area (Å²) < 4.78 is 10.7. The highest BCUT2D eigenvalue weighted by Crippen LogP contribution is 2.28. The van der Waals surface area contributed by atoms with Crippen LogP contribution < -0.4 is 5.32 Å². The van der Waals surface area contributed by atoms with Crippen LogP contribution in [0, 0.1) is 5.92 Å². The zero-order chi connectivity index (χ0) is 12.7. The van der Waals surface area contributed by atoms with Gasteiger partial charge in [0.2, 0.25) is 0 Å². The summed E-state index contributed by atoms with van der Waals surface area (Å²) in [5, 5.41) is 3.06. The van der Waals surface area contributed by atoms with E-state index in [1.54, 1.807) is 0 Å². The van der Waals surface area contributed by atoms with Crippen molar-refractivity contribution in [2.24, 2.45) is 5.92 Å². The van der Waals surface area contributed by atoms with Gasteiger partial charge in [0.15, 0.2) is 0 Å². The molecule has 0 spiro atoms. The molecule has 0 aromatic carbocycles. The van der Waals surface area contributed by atoms with Crippen molar-refractivity contribution in [1.82, 2.24) is 5.32 Å². The third-order valence-corrected chi connectivity index (χ3v) is 2.38. The highest BCUT2D eigenvalue weighted by molar-refractivity contribution is 5.72. The second kappa shape index (κ2) is 6.97. The minimum Gasteiger partial charge on any atom is -0.459 e. The minimum atomic E-state index is -0.397. The Morgan fingerprint density at radius 3 is 2.65 bits per heavy atom. The second-order valence-corrected chi connectivity index (χ2v) is 5.64. The van der Waals surface area contributed by atoms with Gasteiger partial charge >= 0.3 is 5.97 Å². The van der Waals surface area contributed by atoms with E-state index in [0.717, 1.165) is 32.1 Å². The van der Waals surface area contributed by atoms with Crippen LogP contribution in [0.5, 0.6) is 0 Å². The number of nitrogens with one attached hydrogen (secondary N) is 1. The van der Waals surface area contributed by atoms with Crippen molar-refractivity contribution < 1.29 is 14.3 Å². The first-order valence-corrected chi connectivity index (χ1v) is 6.48. The first-order chi connectivity index (χ1) is 7.97. The maximum Gasteiger partial charge on any atom is 0.320 e. The van der Waals surface area contributed by atoms with Crippen LogP contribution in [0.4, 0.5) is 0 Å². The molecular weight excluding hydrogens is 218 g/mol. The molecule has 1 saturated carbocycles. The van der Waals surface area contributed by atoms with Crippen molar-refractivity contribution in [2.75, 3.05) is 26.3 Å². The standard InChI is InChI=1S/C13H25NO3/c1-13(2,3)17-12(15)9-14-7-4-8-16-10-11-5-6-11/h11,14H,4-10H2,1-3H3. The molecule has 0 saturated heterocycles. The van der Waals surface area contributed by atoms with Gasteiger partial charge in [-0.25, -0.2) is 0 Å². The van der Waals surface area contributed by atoms with Crippen LogP contribution in [0.25, 0.3) is 0 Å². The summed E-state index contributed by atoms with van der Waals surface area (Å²) in [6.45, 7) is 8.37. The molecule has 1 aliphatic rings. The summed E-state index contributed by atoms with van der Waals surface area (Å²) in [6, 6.07) is 0. The van der Waals surface area contributed by atoms with Crippen LogP contribution in [-0.4, -0.2) is 37.9 Å². The van der Waals surface area contributed by atoms with Gasteiger partial charge in [-0.15, -0.1) is 0 Å². The summed E-state index contributed by atoms with van der Waals surface area (Å²) in [4.78, 5) is 11.3. The second-order valence-electron chi connectivity index (χ2n) is 5.64. The number of carbonyl (C=O) groups is 1. The van der Waals surface area contributed by atoms with Crippen molar-refractivity contribution in [3.63, 3.8) is 0 Å². The van der Waals surface area contributed by atoms with Gasteiger partial charge in [-0.3, -0.25) is 4.79 Å². The third-order valence-electron chi connectivity index (χ3n) is 2.38. The molecule has 4 heteroatoms. The van der Waals surface area contributed by atoms with Crippen molar-refractivity contribution in [2.45, 2.75) is 45.6 Å². The first-order valence-electron chi connectivity index (χ1n) is 6.48. The molecule has 0 aromatic rings. The molecule has 1 rings (SSSR count). The van der Waals surface area contributed by atoms with Crippen LogP contribution in [0.1, 0.15) is 40.0 Å². The van der Waals surface area contributed by atoms with Crippen LogP contribution in [0.3, 0.4) is 0 Å². The molecule has 4 nitrogen and oxygen atoms in total. The largest absolute Gasteiger partial charge is 0.459 e. The molecule has 1 aliphatic carbocycles. The Morgan fingerprint density at radius 1 is 1.35 bits per heavy atom. The quantitative estimate of drug-likeness (QED) is 0.521. The van der Waals surface area contributed by atoms with E-state index >= 15 is 0 Å². The van der Waals surface area contributed by atoms with Gasteiger partial charge < -0.3 is 14.8 Å². The number of hydrogen-bond acceptors (Lipinski definition) is 4. The van der Waals surface area contributed by atoms with Crippen molar-refractivity contribution in [3.05, 3.63) is 0 Å². The molecule has 0 bridgehead atoms. The van der Waals surface area contributed by atoms with E-state index in [0.29, 0.717) is 0 Å². The maximum atomic E-state index is 11.3. The normalized spacial score (nSPS) is 15.9. The molecule has 0 aliphatic heterocycles. The topological polar surface area (TPSA) is 47.6 Å². The lowest BCUT2D eigenvalue weighted by molar-refractivity contribution is -0.153. The molecule has 1 N–H and O–H groups in total. The Bertz CT molecular complexity index is 231.